The summed E-state index contributed by atoms with van der Waals surface area (Å²) >= 11 is 6.05. The first kappa shape index (κ1) is 18.4. The van der Waals surface area contributed by atoms with Crippen LogP contribution in [0.3, 0.4) is 0 Å². The highest BCUT2D eigenvalue weighted by Gasteiger charge is 2.20. The lowest BCUT2D eigenvalue weighted by Gasteiger charge is -2.21. The summed E-state index contributed by atoms with van der Waals surface area (Å²) in [4.78, 5) is 12.3. The van der Waals surface area contributed by atoms with Crippen molar-refractivity contribution in [1.82, 2.24) is 5.32 Å². The number of hydrogen-bond donors (Lipinski definition) is 2. The van der Waals surface area contributed by atoms with Gasteiger partial charge in [0.25, 0.3) is 0 Å². The van der Waals surface area contributed by atoms with Gasteiger partial charge in [-0.25, -0.2) is 4.39 Å². The highest BCUT2D eigenvalue weighted by atomic mass is 35.5. The minimum Gasteiger partial charge on any atom is -0.380 e. The molecule has 0 radical (unpaired) electrons. The van der Waals surface area contributed by atoms with Gasteiger partial charge in [-0.3, -0.25) is 4.79 Å². The molecule has 0 fully saturated rings. The van der Waals surface area contributed by atoms with Gasteiger partial charge >= 0.3 is 0 Å². The van der Waals surface area contributed by atoms with Crippen molar-refractivity contribution in [2.24, 2.45) is 5.73 Å². The molecule has 2 rings (SSSR count). The van der Waals surface area contributed by atoms with E-state index >= 15 is 0 Å². The van der Waals surface area contributed by atoms with E-state index in [4.69, 9.17) is 22.1 Å². The number of halogens is 2. The van der Waals surface area contributed by atoms with Crippen LogP contribution in [0.1, 0.15) is 23.6 Å². The first-order valence-corrected chi connectivity index (χ1v) is 7.94. The Balaban J connectivity index is 2.28. The maximum Gasteiger partial charge on any atom is 0.223 e. The molecule has 0 heterocycles. The number of carbonyl (C=O) groups excluding carboxylic acids is 1. The van der Waals surface area contributed by atoms with Crippen molar-refractivity contribution in [2.75, 3.05) is 13.7 Å². The maximum atomic E-state index is 13.6. The monoisotopic (exact) mass is 350 g/mol. The van der Waals surface area contributed by atoms with Crippen molar-refractivity contribution in [3.63, 3.8) is 0 Å². The second-order valence-electron chi connectivity index (χ2n) is 5.41. The molecule has 2 unspecified atom stereocenters. The van der Waals surface area contributed by atoms with Crippen LogP contribution in [-0.2, 0) is 9.53 Å². The van der Waals surface area contributed by atoms with E-state index in [0.717, 1.165) is 5.56 Å². The van der Waals surface area contributed by atoms with Crippen LogP contribution in [-0.4, -0.2) is 25.7 Å². The Bertz CT molecular complexity index is 647. The molecule has 0 saturated carbocycles. The van der Waals surface area contributed by atoms with E-state index < -0.39 is 6.04 Å². The van der Waals surface area contributed by atoms with E-state index in [1.165, 1.54) is 19.2 Å². The smallest absolute Gasteiger partial charge is 0.223 e. The van der Waals surface area contributed by atoms with Crippen LogP contribution in [0.4, 0.5) is 4.39 Å². The number of hydrogen-bond acceptors (Lipinski definition) is 3. The molecule has 2 aromatic rings. The van der Waals surface area contributed by atoms with Crippen molar-refractivity contribution in [1.29, 1.82) is 0 Å². The summed E-state index contributed by atoms with van der Waals surface area (Å²) in [5.74, 6) is -0.605. The Morgan fingerprint density at radius 1 is 1.25 bits per heavy atom. The first-order chi connectivity index (χ1) is 11.5. The molecule has 6 heteroatoms. The van der Waals surface area contributed by atoms with Gasteiger partial charge < -0.3 is 15.8 Å². The predicted octanol–water partition coefficient (Wildman–Crippen LogP) is 3.05. The van der Waals surface area contributed by atoms with Gasteiger partial charge in [0.1, 0.15) is 5.82 Å². The molecule has 0 bridgehead atoms. The summed E-state index contributed by atoms with van der Waals surface area (Å²) < 4.78 is 18.7. The summed E-state index contributed by atoms with van der Waals surface area (Å²) in [5, 5.41) is 3.44. The van der Waals surface area contributed by atoms with Gasteiger partial charge in [0.15, 0.2) is 0 Å². The summed E-state index contributed by atoms with van der Waals surface area (Å²) in [5.41, 5.74) is 6.95. The Morgan fingerprint density at radius 3 is 2.50 bits per heavy atom. The SMILES string of the molecule is COC(CN)CC(=O)NC(c1cccc(F)c1)c1cccc(Cl)c1. The Morgan fingerprint density at radius 2 is 1.92 bits per heavy atom. The third kappa shape index (κ3) is 5.03. The second-order valence-corrected chi connectivity index (χ2v) is 5.84. The van der Waals surface area contributed by atoms with Crippen molar-refractivity contribution in [3.05, 3.63) is 70.5 Å². The lowest BCUT2D eigenvalue weighted by atomic mass is 9.98. The third-order valence-corrected chi connectivity index (χ3v) is 3.91. The normalized spacial score (nSPS) is 13.3. The van der Waals surface area contributed by atoms with Gasteiger partial charge in [-0.2, -0.15) is 0 Å². The number of amides is 1. The number of rotatable bonds is 7. The van der Waals surface area contributed by atoms with E-state index in [2.05, 4.69) is 5.32 Å². The minimum atomic E-state index is -0.512. The third-order valence-electron chi connectivity index (χ3n) is 3.68. The van der Waals surface area contributed by atoms with Gasteiger partial charge in [0.2, 0.25) is 5.91 Å². The fraction of sp³-hybridized carbons (Fsp3) is 0.278. The van der Waals surface area contributed by atoms with Gasteiger partial charge in [0, 0.05) is 18.7 Å². The summed E-state index contributed by atoms with van der Waals surface area (Å²) in [6.07, 6.45) is -0.239. The van der Waals surface area contributed by atoms with E-state index in [1.807, 2.05) is 6.07 Å². The van der Waals surface area contributed by atoms with E-state index in [-0.39, 0.29) is 30.8 Å². The molecular weight excluding hydrogens is 331 g/mol. The second kappa shape index (κ2) is 8.78. The van der Waals surface area contributed by atoms with Crippen LogP contribution in [0.2, 0.25) is 5.02 Å². The molecule has 0 saturated heterocycles. The molecule has 0 spiro atoms. The maximum absolute atomic E-state index is 13.6. The average molecular weight is 351 g/mol. The van der Waals surface area contributed by atoms with Crippen LogP contribution in [0.25, 0.3) is 0 Å². The van der Waals surface area contributed by atoms with Crippen LogP contribution < -0.4 is 11.1 Å². The van der Waals surface area contributed by atoms with Gasteiger partial charge in [-0.1, -0.05) is 35.9 Å². The highest BCUT2D eigenvalue weighted by Crippen LogP contribution is 2.25. The van der Waals surface area contributed by atoms with Crippen LogP contribution in [0.5, 0.6) is 0 Å². The molecule has 2 atom stereocenters. The largest absolute Gasteiger partial charge is 0.380 e. The topological polar surface area (TPSA) is 64.3 Å². The zero-order valence-corrected chi connectivity index (χ0v) is 14.1. The molecule has 24 heavy (non-hydrogen) atoms. The lowest BCUT2D eigenvalue weighted by molar-refractivity contribution is -0.123. The van der Waals surface area contributed by atoms with E-state index in [0.29, 0.717) is 10.6 Å². The fourth-order valence-corrected chi connectivity index (χ4v) is 2.62. The predicted molar refractivity (Wildman–Crippen MR) is 92.3 cm³/mol. The van der Waals surface area contributed by atoms with Gasteiger partial charge in [-0.15, -0.1) is 0 Å². The Hall–Kier alpha value is -1.95. The van der Waals surface area contributed by atoms with Gasteiger partial charge in [-0.05, 0) is 35.4 Å². The van der Waals surface area contributed by atoms with Crippen LogP contribution >= 0.6 is 11.6 Å². The zero-order chi connectivity index (χ0) is 17.5. The molecule has 0 aliphatic rings. The zero-order valence-electron chi connectivity index (χ0n) is 13.3. The number of methoxy groups -OCH3 is 1. The fourth-order valence-electron chi connectivity index (χ4n) is 2.42. The van der Waals surface area contributed by atoms with Crippen LogP contribution in [0, 0.1) is 5.82 Å². The number of nitrogens with one attached hydrogen (secondary N) is 1. The van der Waals surface area contributed by atoms with Crippen molar-refractivity contribution in [3.8, 4) is 0 Å². The Kier molecular flexibility index (Phi) is 6.73. The molecule has 128 valence electrons. The molecule has 0 aliphatic heterocycles. The van der Waals surface area contributed by atoms with E-state index in [1.54, 1.807) is 30.3 Å². The minimum absolute atomic E-state index is 0.124. The summed E-state index contributed by atoms with van der Waals surface area (Å²) in [7, 11) is 1.51. The van der Waals surface area contributed by atoms with Gasteiger partial charge in [0.05, 0.1) is 18.6 Å². The highest BCUT2D eigenvalue weighted by molar-refractivity contribution is 6.30. The standard InChI is InChI=1S/C18H20ClFN2O2/c1-24-16(11-21)10-17(23)22-18(12-4-2-6-14(19)8-12)13-5-3-7-15(20)9-13/h2-9,16,18H,10-11,21H2,1H3,(H,22,23). The summed E-state index contributed by atoms with van der Waals surface area (Å²) in [6.45, 7) is 0.242. The van der Waals surface area contributed by atoms with Crippen molar-refractivity contribution >= 4 is 17.5 Å². The number of nitrogens with two attached hydrogens (primary N) is 1. The molecular formula is C18H20ClFN2O2. The number of carbonyl (C=O) groups is 1. The molecule has 3 N–H and O–H groups in total. The number of benzene rings is 2. The van der Waals surface area contributed by atoms with E-state index in [9.17, 15) is 9.18 Å². The van der Waals surface area contributed by atoms with Crippen molar-refractivity contribution < 1.29 is 13.9 Å². The quantitative estimate of drug-likeness (QED) is 0.806. The number of ether oxygens (including phenoxy) is 1. The molecule has 1 amide bonds. The molecule has 4 nitrogen and oxygen atoms in total. The molecule has 0 aromatic heterocycles. The first-order valence-electron chi connectivity index (χ1n) is 7.56. The lowest BCUT2D eigenvalue weighted by Crippen LogP contribution is -2.34. The molecule has 0 aliphatic carbocycles. The average Bonchev–Trinajstić information content (AvgIpc) is 2.57. The summed E-state index contributed by atoms with van der Waals surface area (Å²) in [6, 6.07) is 12.7. The van der Waals surface area contributed by atoms with Crippen molar-refractivity contribution in [2.45, 2.75) is 18.6 Å². The Labute approximate surface area is 145 Å². The van der Waals surface area contributed by atoms with Crippen LogP contribution in [0.15, 0.2) is 48.5 Å². The molecule has 2 aromatic carbocycles.